The van der Waals surface area contributed by atoms with E-state index < -0.39 is 6.16 Å². The molecule has 1 atom stereocenters. The molecule has 0 aliphatic rings. The standard InChI is InChI=1S/C28H33NO3/c1-3-4-19-29(26-13-9-6-10-14-26)20-21-31-28(30)32-27-17-15-25(16-18-27)23(2)22-24-11-7-5-8-12-24/h5-18,23H,3-4,19-22H2,1-2H3. The zero-order chi connectivity index (χ0) is 22.6. The van der Waals surface area contributed by atoms with Crippen molar-refractivity contribution in [3.63, 3.8) is 0 Å². The second kappa shape index (κ2) is 12.6. The van der Waals surface area contributed by atoms with Crippen LogP contribution in [0.25, 0.3) is 0 Å². The summed E-state index contributed by atoms with van der Waals surface area (Å²) in [6.45, 7) is 6.22. The molecule has 0 bridgehead atoms. The van der Waals surface area contributed by atoms with E-state index in [1.165, 1.54) is 11.1 Å². The van der Waals surface area contributed by atoms with Crippen LogP contribution in [0, 0.1) is 0 Å². The lowest BCUT2D eigenvalue weighted by Gasteiger charge is -2.24. The first-order valence-corrected chi connectivity index (χ1v) is 11.4. The van der Waals surface area contributed by atoms with Crippen molar-refractivity contribution in [3.8, 4) is 5.75 Å². The smallest absolute Gasteiger partial charge is 0.432 e. The summed E-state index contributed by atoms with van der Waals surface area (Å²) in [5.74, 6) is 0.877. The second-order valence-corrected chi connectivity index (χ2v) is 8.04. The Hall–Kier alpha value is -3.27. The van der Waals surface area contributed by atoms with Crippen molar-refractivity contribution in [2.45, 2.75) is 39.0 Å². The molecule has 0 spiro atoms. The first kappa shape index (κ1) is 23.4. The molecule has 4 heteroatoms. The highest BCUT2D eigenvalue weighted by Gasteiger charge is 2.11. The number of unbranched alkanes of at least 4 members (excludes halogenated alkanes) is 1. The largest absolute Gasteiger partial charge is 0.513 e. The van der Waals surface area contributed by atoms with E-state index in [4.69, 9.17) is 9.47 Å². The summed E-state index contributed by atoms with van der Waals surface area (Å²) in [5.41, 5.74) is 3.66. The third kappa shape index (κ3) is 7.45. The molecule has 0 saturated carbocycles. The SMILES string of the molecule is CCCCN(CCOC(=O)Oc1ccc(C(C)Cc2ccccc2)cc1)c1ccccc1. The lowest BCUT2D eigenvalue weighted by atomic mass is 9.94. The van der Waals surface area contributed by atoms with Gasteiger partial charge in [0.1, 0.15) is 12.4 Å². The molecule has 0 amide bonds. The Bertz CT molecular complexity index is 926. The fraction of sp³-hybridized carbons (Fsp3) is 0.321. The van der Waals surface area contributed by atoms with E-state index in [1.54, 1.807) is 0 Å². The number of hydrogen-bond donors (Lipinski definition) is 0. The Morgan fingerprint density at radius 2 is 1.53 bits per heavy atom. The topological polar surface area (TPSA) is 38.8 Å². The monoisotopic (exact) mass is 431 g/mol. The van der Waals surface area contributed by atoms with Gasteiger partial charge in [0.15, 0.2) is 0 Å². The van der Waals surface area contributed by atoms with Crippen LogP contribution in [0.3, 0.4) is 0 Å². The Labute approximate surface area is 191 Å². The van der Waals surface area contributed by atoms with E-state index in [-0.39, 0.29) is 6.61 Å². The van der Waals surface area contributed by atoms with Crippen LogP contribution in [-0.2, 0) is 11.2 Å². The number of carbonyl (C=O) groups is 1. The highest BCUT2D eigenvalue weighted by Crippen LogP contribution is 2.23. The number of para-hydroxylation sites is 1. The van der Waals surface area contributed by atoms with Crippen LogP contribution in [0.2, 0.25) is 0 Å². The number of anilines is 1. The van der Waals surface area contributed by atoms with Crippen molar-refractivity contribution in [2.75, 3.05) is 24.6 Å². The molecule has 1 unspecified atom stereocenters. The van der Waals surface area contributed by atoms with Gasteiger partial charge in [-0.1, -0.05) is 80.9 Å². The maximum atomic E-state index is 12.1. The molecular weight excluding hydrogens is 398 g/mol. The maximum absolute atomic E-state index is 12.1. The van der Waals surface area contributed by atoms with Gasteiger partial charge in [-0.2, -0.15) is 0 Å². The summed E-state index contributed by atoms with van der Waals surface area (Å²) < 4.78 is 10.7. The van der Waals surface area contributed by atoms with Crippen LogP contribution in [0.4, 0.5) is 10.5 Å². The Kier molecular flexibility index (Phi) is 9.18. The average molecular weight is 432 g/mol. The molecule has 0 saturated heterocycles. The first-order valence-electron chi connectivity index (χ1n) is 11.4. The minimum Gasteiger partial charge on any atom is -0.432 e. The van der Waals surface area contributed by atoms with Gasteiger partial charge < -0.3 is 14.4 Å². The van der Waals surface area contributed by atoms with Crippen LogP contribution >= 0.6 is 0 Å². The molecule has 0 aliphatic carbocycles. The van der Waals surface area contributed by atoms with Crippen LogP contribution < -0.4 is 9.64 Å². The van der Waals surface area contributed by atoms with Gasteiger partial charge in [0.05, 0.1) is 6.54 Å². The molecule has 0 heterocycles. The summed E-state index contributed by atoms with van der Waals surface area (Å²) in [6.07, 6.45) is 2.51. The van der Waals surface area contributed by atoms with E-state index in [2.05, 4.69) is 55.1 Å². The van der Waals surface area contributed by atoms with Crippen molar-refractivity contribution in [1.82, 2.24) is 0 Å². The minimum absolute atomic E-state index is 0.281. The van der Waals surface area contributed by atoms with Crippen LogP contribution in [0.15, 0.2) is 84.9 Å². The number of benzene rings is 3. The third-order valence-corrected chi connectivity index (χ3v) is 5.52. The highest BCUT2D eigenvalue weighted by atomic mass is 16.7. The lowest BCUT2D eigenvalue weighted by molar-refractivity contribution is 0.101. The maximum Gasteiger partial charge on any atom is 0.513 e. The molecule has 32 heavy (non-hydrogen) atoms. The Balaban J connectivity index is 1.46. The summed E-state index contributed by atoms with van der Waals surface area (Å²) in [4.78, 5) is 14.4. The minimum atomic E-state index is -0.668. The number of hydrogen-bond acceptors (Lipinski definition) is 4. The Morgan fingerprint density at radius 3 is 2.19 bits per heavy atom. The Morgan fingerprint density at radius 1 is 0.875 bits per heavy atom. The van der Waals surface area contributed by atoms with E-state index >= 15 is 0 Å². The van der Waals surface area contributed by atoms with Gasteiger partial charge in [-0.05, 0) is 54.2 Å². The first-order chi connectivity index (χ1) is 15.7. The zero-order valence-corrected chi connectivity index (χ0v) is 19.1. The molecule has 0 radical (unpaired) electrons. The summed E-state index contributed by atoms with van der Waals surface area (Å²) >= 11 is 0. The van der Waals surface area contributed by atoms with Crippen molar-refractivity contribution < 1.29 is 14.3 Å². The van der Waals surface area contributed by atoms with Crippen molar-refractivity contribution >= 4 is 11.8 Å². The van der Waals surface area contributed by atoms with Gasteiger partial charge in [0, 0.05) is 12.2 Å². The molecule has 168 valence electrons. The van der Waals surface area contributed by atoms with Crippen molar-refractivity contribution in [3.05, 3.63) is 96.1 Å². The highest BCUT2D eigenvalue weighted by molar-refractivity contribution is 5.63. The van der Waals surface area contributed by atoms with Gasteiger partial charge in [0.25, 0.3) is 0 Å². The van der Waals surface area contributed by atoms with Gasteiger partial charge >= 0.3 is 6.16 Å². The van der Waals surface area contributed by atoms with Crippen LogP contribution in [0.1, 0.15) is 43.7 Å². The van der Waals surface area contributed by atoms with Gasteiger partial charge in [0.2, 0.25) is 0 Å². The van der Waals surface area contributed by atoms with Crippen molar-refractivity contribution in [1.29, 1.82) is 0 Å². The molecule has 0 aliphatic heterocycles. The van der Waals surface area contributed by atoms with Gasteiger partial charge in [-0.15, -0.1) is 0 Å². The summed E-state index contributed by atoms with van der Waals surface area (Å²) in [5, 5.41) is 0. The van der Waals surface area contributed by atoms with Crippen molar-refractivity contribution in [2.24, 2.45) is 0 Å². The summed E-state index contributed by atoms with van der Waals surface area (Å²) in [6, 6.07) is 28.3. The molecule has 3 aromatic carbocycles. The van der Waals surface area contributed by atoms with E-state index in [0.29, 0.717) is 18.2 Å². The fourth-order valence-electron chi connectivity index (χ4n) is 3.67. The van der Waals surface area contributed by atoms with Crippen LogP contribution in [0.5, 0.6) is 5.75 Å². The molecule has 0 aromatic heterocycles. The van der Waals surface area contributed by atoms with Gasteiger partial charge in [-0.3, -0.25) is 0 Å². The van der Waals surface area contributed by atoms with Gasteiger partial charge in [-0.25, -0.2) is 4.79 Å². The van der Waals surface area contributed by atoms with E-state index in [1.807, 2.05) is 48.5 Å². The quantitative estimate of drug-likeness (QED) is 0.246. The zero-order valence-electron chi connectivity index (χ0n) is 19.1. The number of ether oxygens (including phenoxy) is 2. The average Bonchev–Trinajstić information content (AvgIpc) is 2.83. The fourth-order valence-corrected chi connectivity index (χ4v) is 3.67. The second-order valence-electron chi connectivity index (χ2n) is 8.04. The molecule has 0 fully saturated rings. The molecule has 0 N–H and O–H groups in total. The van der Waals surface area contributed by atoms with E-state index in [0.717, 1.165) is 31.5 Å². The normalized spacial score (nSPS) is 11.6. The number of nitrogens with zero attached hydrogens (tertiary/aromatic N) is 1. The van der Waals surface area contributed by atoms with E-state index in [9.17, 15) is 4.79 Å². The third-order valence-electron chi connectivity index (χ3n) is 5.52. The molecular formula is C28H33NO3. The van der Waals surface area contributed by atoms with Crippen LogP contribution in [-0.4, -0.2) is 25.9 Å². The lowest BCUT2D eigenvalue weighted by Crippen LogP contribution is -2.29. The molecule has 3 rings (SSSR count). The summed E-state index contributed by atoms with van der Waals surface area (Å²) in [7, 11) is 0. The predicted molar refractivity (Wildman–Crippen MR) is 131 cm³/mol. The molecule has 4 nitrogen and oxygen atoms in total. The number of rotatable bonds is 11. The predicted octanol–water partition coefficient (Wildman–Crippen LogP) is 6.85. The molecule has 3 aromatic rings. The number of carbonyl (C=O) groups excluding carboxylic acids is 1.